The van der Waals surface area contributed by atoms with Gasteiger partial charge in [0, 0.05) is 25.5 Å². The van der Waals surface area contributed by atoms with Gasteiger partial charge in [-0.2, -0.15) is 0 Å². The number of nitrogens with zero attached hydrogens (tertiary/aromatic N) is 2. The molecular formula is C38H76N2. The molecule has 0 radical (unpaired) electrons. The Balaban J connectivity index is 1.73. The molecule has 0 aromatic carbocycles. The average molecular weight is 561 g/mol. The van der Waals surface area contributed by atoms with Crippen LogP contribution in [-0.4, -0.2) is 29.6 Å². The summed E-state index contributed by atoms with van der Waals surface area (Å²) in [5.41, 5.74) is 0. The van der Waals surface area contributed by atoms with Crippen LogP contribution in [0.15, 0.2) is 12.4 Å². The first-order chi connectivity index (χ1) is 19.9. The molecule has 0 saturated carbocycles. The molecule has 0 bridgehead atoms. The lowest BCUT2D eigenvalue weighted by Crippen LogP contribution is -2.26. The molecule has 0 amide bonds. The Morgan fingerprint density at radius 3 is 0.725 bits per heavy atom. The van der Waals surface area contributed by atoms with Gasteiger partial charge in [-0.1, -0.05) is 200 Å². The van der Waals surface area contributed by atoms with Crippen LogP contribution in [0.4, 0.5) is 0 Å². The van der Waals surface area contributed by atoms with Crippen LogP contribution in [0.2, 0.25) is 0 Å². The molecule has 1 heterocycles. The minimum atomic E-state index is 1.14. The lowest BCUT2D eigenvalue weighted by atomic mass is 10.0. The summed E-state index contributed by atoms with van der Waals surface area (Å²) >= 11 is 0. The maximum absolute atomic E-state index is 2.54. The fourth-order valence-corrected chi connectivity index (χ4v) is 6.36. The summed E-state index contributed by atoms with van der Waals surface area (Å²) in [5, 5.41) is 0. The van der Waals surface area contributed by atoms with E-state index in [9.17, 15) is 0 Å². The SMILES string of the molecule is CCCCCCCCCCCCCCCCCCCN1C=CN(CCCCCCCCCCCCCCCC)C1. The minimum absolute atomic E-state index is 1.14. The molecule has 0 N–H and O–H groups in total. The molecule has 0 aromatic heterocycles. The highest BCUT2D eigenvalue weighted by Crippen LogP contribution is 2.16. The third-order valence-corrected chi connectivity index (χ3v) is 9.20. The van der Waals surface area contributed by atoms with Crippen molar-refractivity contribution >= 4 is 0 Å². The first kappa shape index (κ1) is 37.4. The van der Waals surface area contributed by atoms with Crippen molar-refractivity contribution in [2.24, 2.45) is 0 Å². The van der Waals surface area contributed by atoms with Crippen molar-refractivity contribution in [2.75, 3.05) is 19.8 Å². The summed E-state index contributed by atoms with van der Waals surface area (Å²) < 4.78 is 0. The highest BCUT2D eigenvalue weighted by Gasteiger charge is 2.11. The maximum Gasteiger partial charge on any atom is 0.0893 e. The third-order valence-electron chi connectivity index (χ3n) is 9.20. The van der Waals surface area contributed by atoms with Gasteiger partial charge in [0.25, 0.3) is 0 Å². The lowest BCUT2D eigenvalue weighted by Gasteiger charge is -2.21. The predicted molar refractivity (Wildman–Crippen MR) is 182 cm³/mol. The summed E-state index contributed by atoms with van der Waals surface area (Å²) in [5.74, 6) is 0. The van der Waals surface area contributed by atoms with Gasteiger partial charge in [-0.25, -0.2) is 0 Å². The highest BCUT2D eigenvalue weighted by molar-refractivity contribution is 4.90. The molecule has 2 nitrogen and oxygen atoms in total. The normalized spacial score (nSPS) is 13.2. The second-order valence-corrected chi connectivity index (χ2v) is 13.3. The van der Waals surface area contributed by atoms with Gasteiger partial charge in [0.15, 0.2) is 0 Å². The Labute approximate surface area is 254 Å². The fraction of sp³-hybridized carbons (Fsp3) is 0.947. The van der Waals surface area contributed by atoms with Gasteiger partial charge in [-0.05, 0) is 12.8 Å². The molecule has 0 aromatic rings. The van der Waals surface area contributed by atoms with Crippen molar-refractivity contribution in [1.82, 2.24) is 9.80 Å². The largest absolute Gasteiger partial charge is 0.359 e. The summed E-state index contributed by atoms with van der Waals surface area (Å²) in [4.78, 5) is 5.07. The van der Waals surface area contributed by atoms with Crippen LogP contribution in [0.5, 0.6) is 0 Å². The number of hydrogen-bond acceptors (Lipinski definition) is 2. The van der Waals surface area contributed by atoms with E-state index in [2.05, 4.69) is 36.0 Å². The molecule has 0 spiro atoms. The van der Waals surface area contributed by atoms with Crippen molar-refractivity contribution in [3.8, 4) is 0 Å². The second kappa shape index (κ2) is 31.3. The Bertz CT molecular complexity index is 502. The molecule has 0 aliphatic carbocycles. The molecule has 40 heavy (non-hydrogen) atoms. The van der Waals surface area contributed by atoms with Crippen LogP contribution >= 0.6 is 0 Å². The molecule has 0 atom stereocenters. The molecular weight excluding hydrogens is 484 g/mol. The predicted octanol–water partition coefficient (Wildman–Crippen LogP) is 13.2. The molecule has 1 rings (SSSR count). The van der Waals surface area contributed by atoms with Gasteiger partial charge in [0.05, 0.1) is 6.67 Å². The quantitative estimate of drug-likeness (QED) is 0.0736. The fourth-order valence-electron chi connectivity index (χ4n) is 6.36. The van der Waals surface area contributed by atoms with E-state index in [1.165, 1.54) is 212 Å². The second-order valence-electron chi connectivity index (χ2n) is 13.3. The standard InChI is InChI=1S/C38H76N2/c1-3-5-7-9-11-13-15-17-19-20-21-23-25-27-29-31-33-35-40-37-36-39(38-40)34-32-30-28-26-24-22-18-16-14-12-10-8-6-4-2/h36-37H,3-35,38H2,1-2H3. The van der Waals surface area contributed by atoms with Crippen molar-refractivity contribution in [3.63, 3.8) is 0 Å². The van der Waals surface area contributed by atoms with E-state index >= 15 is 0 Å². The van der Waals surface area contributed by atoms with Crippen LogP contribution < -0.4 is 0 Å². The van der Waals surface area contributed by atoms with Crippen molar-refractivity contribution in [3.05, 3.63) is 12.4 Å². The number of rotatable bonds is 33. The van der Waals surface area contributed by atoms with Crippen molar-refractivity contribution in [1.29, 1.82) is 0 Å². The summed E-state index contributed by atoms with van der Waals surface area (Å²) in [7, 11) is 0. The van der Waals surface area contributed by atoms with E-state index in [0.717, 1.165) is 6.67 Å². The molecule has 0 unspecified atom stereocenters. The van der Waals surface area contributed by atoms with Gasteiger partial charge < -0.3 is 9.80 Å². The Kier molecular flexibility index (Phi) is 29.2. The van der Waals surface area contributed by atoms with Gasteiger partial charge in [-0.3, -0.25) is 0 Å². The van der Waals surface area contributed by atoms with Crippen LogP contribution in [0.3, 0.4) is 0 Å². The smallest absolute Gasteiger partial charge is 0.0893 e. The third kappa shape index (κ3) is 26.3. The summed E-state index contributed by atoms with van der Waals surface area (Å²) in [6, 6.07) is 0. The zero-order valence-electron chi connectivity index (χ0n) is 28.1. The van der Waals surface area contributed by atoms with Gasteiger partial charge in [0.1, 0.15) is 0 Å². The van der Waals surface area contributed by atoms with E-state index in [0.29, 0.717) is 0 Å². The summed E-state index contributed by atoms with van der Waals surface area (Å²) in [6.07, 6.45) is 49.7. The van der Waals surface area contributed by atoms with Crippen LogP contribution in [0, 0.1) is 0 Å². The van der Waals surface area contributed by atoms with E-state index in [1.54, 1.807) is 0 Å². The molecule has 238 valence electrons. The zero-order chi connectivity index (χ0) is 28.6. The van der Waals surface area contributed by atoms with Gasteiger partial charge in [0.2, 0.25) is 0 Å². The lowest BCUT2D eigenvalue weighted by molar-refractivity contribution is 0.257. The highest BCUT2D eigenvalue weighted by atomic mass is 15.3. The molecule has 2 heteroatoms. The van der Waals surface area contributed by atoms with E-state index in [-0.39, 0.29) is 0 Å². The zero-order valence-corrected chi connectivity index (χ0v) is 28.1. The van der Waals surface area contributed by atoms with Crippen LogP contribution in [0.1, 0.15) is 213 Å². The summed E-state index contributed by atoms with van der Waals surface area (Å²) in [6.45, 7) is 8.26. The van der Waals surface area contributed by atoms with Crippen LogP contribution in [0.25, 0.3) is 0 Å². The van der Waals surface area contributed by atoms with E-state index in [4.69, 9.17) is 0 Å². The van der Waals surface area contributed by atoms with Gasteiger partial charge >= 0.3 is 0 Å². The minimum Gasteiger partial charge on any atom is -0.359 e. The maximum atomic E-state index is 2.54. The molecule has 0 fully saturated rings. The first-order valence-corrected chi connectivity index (χ1v) is 19.0. The van der Waals surface area contributed by atoms with Crippen molar-refractivity contribution < 1.29 is 0 Å². The Hall–Kier alpha value is -0.660. The van der Waals surface area contributed by atoms with E-state index in [1.807, 2.05) is 0 Å². The Morgan fingerprint density at radius 2 is 0.500 bits per heavy atom. The molecule has 0 saturated heterocycles. The first-order valence-electron chi connectivity index (χ1n) is 19.0. The number of unbranched alkanes of at least 4 members (excludes halogenated alkanes) is 29. The number of hydrogen-bond donors (Lipinski definition) is 0. The van der Waals surface area contributed by atoms with Crippen molar-refractivity contribution in [2.45, 2.75) is 213 Å². The van der Waals surface area contributed by atoms with Crippen LogP contribution in [-0.2, 0) is 0 Å². The Morgan fingerprint density at radius 1 is 0.300 bits per heavy atom. The molecule has 1 aliphatic heterocycles. The monoisotopic (exact) mass is 561 g/mol. The van der Waals surface area contributed by atoms with Gasteiger partial charge in [-0.15, -0.1) is 0 Å². The molecule has 1 aliphatic rings. The van der Waals surface area contributed by atoms with E-state index < -0.39 is 0 Å². The average Bonchev–Trinajstić information content (AvgIpc) is 3.42. The topological polar surface area (TPSA) is 6.48 Å².